The predicted molar refractivity (Wildman–Crippen MR) is 110 cm³/mol. The minimum Gasteiger partial charge on any atom is -0.452 e. The molecule has 0 saturated heterocycles. The van der Waals surface area contributed by atoms with Gasteiger partial charge in [0, 0.05) is 30.3 Å². The Balaban J connectivity index is 1.39. The Kier molecular flexibility index (Phi) is 5.15. The number of esters is 1. The standard InChI is InChI=1S/C21H19N3O5S/c22-30(27,28)18-7-8-19-16(13-18)9-12-24(19)20(25)14-29-21(26)15-3-5-17(6-4-15)23-10-1-2-11-23/h1-8,10-11,13H,9,12,14H2,(H2,22,27,28). The van der Waals surface area contributed by atoms with Gasteiger partial charge in [0.25, 0.3) is 5.91 Å². The van der Waals surface area contributed by atoms with Crippen molar-refractivity contribution < 1.29 is 22.7 Å². The van der Waals surface area contributed by atoms with E-state index in [1.54, 1.807) is 30.3 Å². The molecular formula is C21H19N3O5S. The Bertz CT molecular complexity index is 1200. The van der Waals surface area contributed by atoms with E-state index in [-0.39, 0.29) is 10.8 Å². The van der Waals surface area contributed by atoms with Gasteiger partial charge in [0.1, 0.15) is 0 Å². The molecule has 0 saturated carbocycles. The van der Waals surface area contributed by atoms with Crippen LogP contribution in [0.2, 0.25) is 0 Å². The Morgan fingerprint density at radius 2 is 1.73 bits per heavy atom. The summed E-state index contributed by atoms with van der Waals surface area (Å²) < 4.78 is 30.1. The van der Waals surface area contributed by atoms with Crippen LogP contribution in [0.25, 0.3) is 5.69 Å². The van der Waals surface area contributed by atoms with E-state index in [4.69, 9.17) is 9.88 Å². The minimum absolute atomic E-state index is 0.00494. The van der Waals surface area contributed by atoms with Gasteiger partial charge in [-0.3, -0.25) is 4.79 Å². The number of anilines is 1. The van der Waals surface area contributed by atoms with Crippen LogP contribution in [0, 0.1) is 0 Å². The summed E-state index contributed by atoms with van der Waals surface area (Å²) in [6.45, 7) is -0.0279. The normalized spacial score (nSPS) is 13.2. The number of hydrogen-bond donors (Lipinski definition) is 1. The Morgan fingerprint density at radius 3 is 2.40 bits per heavy atom. The van der Waals surface area contributed by atoms with E-state index in [0.29, 0.717) is 29.8 Å². The van der Waals surface area contributed by atoms with Crippen LogP contribution in [-0.2, 0) is 26.0 Å². The number of carbonyl (C=O) groups is 2. The summed E-state index contributed by atoms with van der Waals surface area (Å²) >= 11 is 0. The van der Waals surface area contributed by atoms with Gasteiger partial charge >= 0.3 is 5.97 Å². The van der Waals surface area contributed by atoms with E-state index in [1.165, 1.54) is 17.0 Å². The van der Waals surface area contributed by atoms with Crippen molar-refractivity contribution in [3.8, 4) is 5.69 Å². The van der Waals surface area contributed by atoms with Crippen LogP contribution in [0.1, 0.15) is 15.9 Å². The van der Waals surface area contributed by atoms with Crippen LogP contribution in [0.15, 0.2) is 71.9 Å². The molecule has 0 spiro atoms. The third kappa shape index (κ3) is 3.98. The molecule has 0 atom stereocenters. The Morgan fingerprint density at radius 1 is 1.03 bits per heavy atom. The Labute approximate surface area is 173 Å². The largest absolute Gasteiger partial charge is 0.452 e. The van der Waals surface area contributed by atoms with E-state index in [2.05, 4.69) is 0 Å². The van der Waals surface area contributed by atoms with Crippen LogP contribution in [0.4, 0.5) is 5.69 Å². The quantitative estimate of drug-likeness (QED) is 0.627. The predicted octanol–water partition coefficient (Wildman–Crippen LogP) is 1.87. The molecule has 8 nitrogen and oxygen atoms in total. The van der Waals surface area contributed by atoms with E-state index < -0.39 is 22.6 Å². The maximum absolute atomic E-state index is 12.5. The van der Waals surface area contributed by atoms with Gasteiger partial charge in [0.2, 0.25) is 10.0 Å². The van der Waals surface area contributed by atoms with Crippen molar-refractivity contribution in [2.75, 3.05) is 18.1 Å². The van der Waals surface area contributed by atoms with E-state index in [1.807, 2.05) is 29.1 Å². The molecule has 154 valence electrons. The molecule has 1 amide bonds. The lowest BCUT2D eigenvalue weighted by Crippen LogP contribution is -2.33. The summed E-state index contributed by atoms with van der Waals surface area (Å²) in [5, 5.41) is 5.15. The number of hydrogen-bond acceptors (Lipinski definition) is 5. The Hall–Kier alpha value is -3.43. The monoisotopic (exact) mass is 425 g/mol. The molecule has 0 aliphatic carbocycles. The number of sulfonamides is 1. The van der Waals surface area contributed by atoms with Crippen LogP contribution >= 0.6 is 0 Å². The molecule has 0 unspecified atom stereocenters. The zero-order valence-corrected chi connectivity index (χ0v) is 16.7. The summed E-state index contributed by atoms with van der Waals surface area (Å²) in [5.74, 6) is -0.971. The van der Waals surface area contributed by atoms with Crippen LogP contribution in [0.5, 0.6) is 0 Å². The van der Waals surface area contributed by atoms with E-state index in [9.17, 15) is 18.0 Å². The van der Waals surface area contributed by atoms with Crippen LogP contribution < -0.4 is 10.0 Å². The fraction of sp³-hybridized carbons (Fsp3) is 0.143. The highest BCUT2D eigenvalue weighted by Crippen LogP contribution is 2.30. The van der Waals surface area contributed by atoms with Crippen molar-refractivity contribution >= 4 is 27.6 Å². The van der Waals surface area contributed by atoms with Gasteiger partial charge in [0.15, 0.2) is 6.61 Å². The van der Waals surface area contributed by atoms with Crippen molar-refractivity contribution in [3.63, 3.8) is 0 Å². The first-order valence-electron chi connectivity index (χ1n) is 9.19. The molecule has 0 fully saturated rings. The third-order valence-corrected chi connectivity index (χ3v) is 5.82. The molecule has 1 aliphatic heterocycles. The summed E-state index contributed by atoms with van der Waals surface area (Å²) in [6.07, 6.45) is 4.29. The maximum atomic E-state index is 12.5. The lowest BCUT2D eigenvalue weighted by molar-refractivity contribution is -0.121. The number of primary sulfonamides is 1. The molecule has 2 aromatic carbocycles. The minimum atomic E-state index is -3.81. The van der Waals surface area contributed by atoms with Gasteiger partial charge in [-0.2, -0.15) is 0 Å². The fourth-order valence-corrected chi connectivity index (χ4v) is 3.94. The molecule has 2 N–H and O–H groups in total. The van der Waals surface area contributed by atoms with Gasteiger partial charge < -0.3 is 14.2 Å². The molecule has 1 aromatic heterocycles. The summed E-state index contributed by atoms with van der Waals surface area (Å²) in [4.78, 5) is 26.3. The lowest BCUT2D eigenvalue weighted by Gasteiger charge is -2.17. The lowest BCUT2D eigenvalue weighted by atomic mass is 10.2. The average Bonchev–Trinajstić information content (AvgIpc) is 3.40. The van der Waals surface area contributed by atoms with E-state index in [0.717, 1.165) is 5.69 Å². The fourth-order valence-electron chi connectivity index (χ4n) is 3.38. The highest BCUT2D eigenvalue weighted by Gasteiger charge is 2.26. The molecule has 9 heteroatoms. The third-order valence-electron chi connectivity index (χ3n) is 4.91. The van der Waals surface area contributed by atoms with Gasteiger partial charge in [-0.05, 0) is 66.6 Å². The van der Waals surface area contributed by atoms with Crippen molar-refractivity contribution in [1.29, 1.82) is 0 Å². The molecule has 1 aliphatic rings. The van der Waals surface area contributed by atoms with Crippen molar-refractivity contribution in [2.24, 2.45) is 5.14 Å². The summed E-state index contributed by atoms with van der Waals surface area (Å²) in [5.41, 5.74) is 2.56. The topological polar surface area (TPSA) is 112 Å². The molecule has 4 rings (SSSR count). The zero-order valence-electron chi connectivity index (χ0n) is 15.9. The maximum Gasteiger partial charge on any atom is 0.338 e. The zero-order chi connectivity index (χ0) is 21.3. The first-order valence-corrected chi connectivity index (χ1v) is 10.7. The molecule has 3 aromatic rings. The number of carbonyl (C=O) groups excluding carboxylic acids is 2. The number of aromatic nitrogens is 1. The smallest absolute Gasteiger partial charge is 0.338 e. The van der Waals surface area contributed by atoms with Gasteiger partial charge in [-0.25, -0.2) is 18.4 Å². The number of amides is 1. The molecule has 0 bridgehead atoms. The van der Waals surface area contributed by atoms with E-state index >= 15 is 0 Å². The van der Waals surface area contributed by atoms with Crippen molar-refractivity contribution in [2.45, 2.75) is 11.3 Å². The molecular weight excluding hydrogens is 406 g/mol. The number of nitrogens with two attached hydrogens (primary N) is 1. The highest BCUT2D eigenvalue weighted by molar-refractivity contribution is 7.89. The number of ether oxygens (including phenoxy) is 1. The number of fused-ring (bicyclic) bond motifs is 1. The summed E-state index contributed by atoms with van der Waals surface area (Å²) in [7, 11) is -3.81. The second kappa shape index (κ2) is 7.77. The number of rotatable bonds is 5. The molecule has 0 radical (unpaired) electrons. The second-order valence-electron chi connectivity index (χ2n) is 6.84. The van der Waals surface area contributed by atoms with Gasteiger partial charge in [-0.1, -0.05) is 0 Å². The van der Waals surface area contributed by atoms with Crippen molar-refractivity contribution in [1.82, 2.24) is 4.57 Å². The molecule has 2 heterocycles. The first-order chi connectivity index (χ1) is 14.3. The first kappa shape index (κ1) is 19.9. The second-order valence-corrected chi connectivity index (χ2v) is 8.41. The van der Waals surface area contributed by atoms with Crippen LogP contribution in [-0.4, -0.2) is 38.0 Å². The van der Waals surface area contributed by atoms with Gasteiger partial charge in [-0.15, -0.1) is 0 Å². The molecule has 30 heavy (non-hydrogen) atoms. The van der Waals surface area contributed by atoms with Crippen LogP contribution in [0.3, 0.4) is 0 Å². The average molecular weight is 425 g/mol. The number of nitrogens with zero attached hydrogens (tertiary/aromatic N) is 2. The SMILES string of the molecule is NS(=O)(=O)c1ccc2c(c1)CCN2C(=O)COC(=O)c1ccc(-n2cccc2)cc1. The van der Waals surface area contributed by atoms with Gasteiger partial charge in [0.05, 0.1) is 10.5 Å². The highest BCUT2D eigenvalue weighted by atomic mass is 32.2. The van der Waals surface area contributed by atoms with Crippen molar-refractivity contribution in [3.05, 3.63) is 78.1 Å². The number of benzene rings is 2. The summed E-state index contributed by atoms with van der Waals surface area (Å²) in [6, 6.07) is 15.0.